The molecule has 0 aliphatic carbocycles. The van der Waals surface area contributed by atoms with E-state index in [0.717, 1.165) is 0 Å². The molecule has 3 N–H and O–H groups in total. The molecule has 0 aromatic rings. The Labute approximate surface area is 92.0 Å². The van der Waals surface area contributed by atoms with Crippen molar-refractivity contribution in [3.63, 3.8) is 0 Å². The molecular formula is H4O8P2S4. The number of hydrogen-bond donors (Lipinski definition) is 4. The van der Waals surface area contributed by atoms with Crippen molar-refractivity contribution in [3.05, 3.63) is 0 Å². The van der Waals surface area contributed by atoms with Crippen LogP contribution in [0.3, 0.4) is 0 Å². The van der Waals surface area contributed by atoms with Crippen LogP contribution in [-0.2, 0) is 33.6 Å². The lowest BCUT2D eigenvalue weighted by Gasteiger charge is -2.10. The standard InChI is InChI=1S/H4O8P2S4/c1-9(2,3)13(6)8-10(4,5)14(7)12-11/h11H,(H,4,5)(H2,1,2,3). The zero-order chi connectivity index (χ0) is 11.6. The van der Waals surface area contributed by atoms with E-state index in [1.54, 1.807) is 0 Å². The van der Waals surface area contributed by atoms with E-state index >= 15 is 0 Å². The van der Waals surface area contributed by atoms with Gasteiger partial charge in [-0.05, 0) is 0 Å². The SMILES string of the molecule is O=S(OP(=O)(O)[S+]([O-])SS)P(=O)(O)O. The maximum atomic E-state index is 10.8. The van der Waals surface area contributed by atoms with E-state index in [1.165, 1.54) is 0 Å². The minimum atomic E-state index is -5.15. The van der Waals surface area contributed by atoms with Gasteiger partial charge in [0.1, 0.15) is 9.83 Å². The Morgan fingerprint density at radius 1 is 1.43 bits per heavy atom. The average molecular weight is 322 g/mol. The van der Waals surface area contributed by atoms with Gasteiger partial charge in [0.05, 0.1) is 0 Å². The van der Waals surface area contributed by atoms with Crippen molar-refractivity contribution in [2.24, 2.45) is 0 Å². The first-order chi connectivity index (χ1) is 6.11. The van der Waals surface area contributed by atoms with Gasteiger partial charge in [0, 0.05) is 0 Å². The minimum absolute atomic E-state index is 0.125. The molecule has 0 aliphatic heterocycles. The first-order valence-corrected chi connectivity index (χ1v) is 11.4. The first-order valence-electron chi connectivity index (χ1n) is 2.36. The molecule has 0 saturated carbocycles. The van der Waals surface area contributed by atoms with Crippen LogP contribution in [0.1, 0.15) is 0 Å². The molecule has 14 heavy (non-hydrogen) atoms. The van der Waals surface area contributed by atoms with Crippen molar-refractivity contribution in [1.82, 2.24) is 0 Å². The van der Waals surface area contributed by atoms with Gasteiger partial charge in [-0.3, -0.25) is 4.89 Å². The number of rotatable bonds is 5. The summed E-state index contributed by atoms with van der Waals surface area (Å²) in [4.78, 5) is 25.2. The molecule has 0 fully saturated rings. The van der Waals surface area contributed by atoms with Crippen LogP contribution < -0.4 is 0 Å². The second-order valence-electron chi connectivity index (χ2n) is 1.54. The van der Waals surface area contributed by atoms with Crippen LogP contribution in [0.2, 0.25) is 0 Å². The Hall–Kier alpha value is 1.46. The zero-order valence-corrected chi connectivity index (χ0v) is 11.1. The van der Waals surface area contributed by atoms with Crippen molar-refractivity contribution in [1.29, 1.82) is 0 Å². The van der Waals surface area contributed by atoms with Crippen molar-refractivity contribution >= 4 is 55.6 Å². The van der Waals surface area contributed by atoms with Crippen LogP contribution in [0.4, 0.5) is 0 Å². The van der Waals surface area contributed by atoms with Gasteiger partial charge in [-0.25, -0.2) is 13.3 Å². The number of hydrogen-bond acceptors (Lipinski definition) is 7. The fourth-order valence-electron chi connectivity index (χ4n) is 0.191. The molecule has 0 aliphatic rings. The van der Waals surface area contributed by atoms with Crippen LogP contribution >= 0.6 is 35.1 Å². The van der Waals surface area contributed by atoms with Crippen molar-refractivity contribution in [2.45, 2.75) is 0 Å². The topological polar surface area (TPSA) is 144 Å². The molecule has 0 heterocycles. The summed E-state index contributed by atoms with van der Waals surface area (Å²) in [7, 11) is -5.75. The molecule has 0 bridgehead atoms. The maximum absolute atomic E-state index is 10.8. The largest absolute Gasteiger partial charge is 0.597 e. The second-order valence-corrected chi connectivity index (χ2v) is 13.2. The Morgan fingerprint density at radius 2 is 1.86 bits per heavy atom. The van der Waals surface area contributed by atoms with Gasteiger partial charge in [-0.1, -0.05) is 11.7 Å². The lowest BCUT2D eigenvalue weighted by atomic mass is 15.8. The highest BCUT2D eigenvalue weighted by atomic mass is 33.6. The first kappa shape index (κ1) is 15.5. The predicted molar refractivity (Wildman–Crippen MR) is 55.8 cm³/mol. The van der Waals surface area contributed by atoms with Crippen LogP contribution in [0.15, 0.2) is 0 Å². The molecule has 14 heteroatoms. The van der Waals surface area contributed by atoms with Gasteiger partial charge in [0.15, 0.2) is 9.83 Å². The van der Waals surface area contributed by atoms with Gasteiger partial charge >= 0.3 is 13.6 Å². The monoisotopic (exact) mass is 322 g/mol. The van der Waals surface area contributed by atoms with E-state index in [1.807, 2.05) is 0 Å². The van der Waals surface area contributed by atoms with Gasteiger partial charge in [0.25, 0.3) is 10.7 Å². The van der Waals surface area contributed by atoms with E-state index in [-0.39, 0.29) is 9.83 Å². The van der Waals surface area contributed by atoms with Crippen LogP contribution in [0.5, 0.6) is 0 Å². The van der Waals surface area contributed by atoms with Gasteiger partial charge < -0.3 is 14.3 Å². The van der Waals surface area contributed by atoms with E-state index in [4.69, 9.17) is 14.7 Å². The van der Waals surface area contributed by atoms with Gasteiger partial charge in [0.2, 0.25) is 0 Å². The Balaban J connectivity index is 4.62. The lowest BCUT2D eigenvalue weighted by Crippen LogP contribution is -2.02. The predicted octanol–water partition coefficient (Wildman–Crippen LogP) is 0.101. The summed E-state index contributed by atoms with van der Waals surface area (Å²) in [6.07, 6.45) is 0. The van der Waals surface area contributed by atoms with Crippen molar-refractivity contribution in [3.8, 4) is 0 Å². The Kier molecular flexibility index (Phi) is 6.28. The zero-order valence-electron chi connectivity index (χ0n) is 5.95. The van der Waals surface area contributed by atoms with Gasteiger partial charge in [-0.2, -0.15) is 3.97 Å². The highest BCUT2D eigenvalue weighted by Crippen LogP contribution is 2.59. The third-order valence-electron chi connectivity index (χ3n) is 0.604. The molecule has 0 aromatic heterocycles. The summed E-state index contributed by atoms with van der Waals surface area (Å²) < 4.78 is 45.9. The lowest BCUT2D eigenvalue weighted by molar-refractivity contribution is 0.379. The third-order valence-corrected chi connectivity index (χ3v) is 11.2. The molecule has 0 rings (SSSR count). The van der Waals surface area contributed by atoms with E-state index in [9.17, 15) is 17.9 Å². The molecule has 8 nitrogen and oxygen atoms in total. The molecule has 0 aromatic carbocycles. The summed E-state index contributed by atoms with van der Waals surface area (Å²) in [5.74, 6) is 0. The third kappa shape index (κ3) is 4.99. The molecule has 0 saturated heterocycles. The van der Waals surface area contributed by atoms with Crippen LogP contribution in [0, 0.1) is 0 Å². The molecule has 3 atom stereocenters. The highest BCUT2D eigenvalue weighted by molar-refractivity contribution is 9.13. The second kappa shape index (κ2) is 5.69. The Bertz CT molecular complexity index is 304. The maximum Gasteiger partial charge on any atom is 0.563 e. The molecule has 0 spiro atoms. The summed E-state index contributed by atoms with van der Waals surface area (Å²) in [5, 5.41) is 0. The average Bonchev–Trinajstić information content (AvgIpc) is 2.00. The van der Waals surface area contributed by atoms with E-state index in [2.05, 4.69) is 15.6 Å². The molecule has 0 amide bonds. The van der Waals surface area contributed by atoms with Crippen molar-refractivity contribution in [2.75, 3.05) is 0 Å². The summed E-state index contributed by atoms with van der Waals surface area (Å²) in [5.41, 5.74) is 0. The molecular weight excluding hydrogens is 318 g/mol. The fraction of sp³-hybridized carbons (Fsp3) is 0. The minimum Gasteiger partial charge on any atom is -0.597 e. The van der Waals surface area contributed by atoms with Crippen molar-refractivity contribution < 1.29 is 36.5 Å². The van der Waals surface area contributed by atoms with Crippen LogP contribution in [-0.4, -0.2) is 23.4 Å². The fourth-order valence-corrected chi connectivity index (χ4v) is 8.37. The quantitative estimate of drug-likeness (QED) is 0.240. The number of thiol groups is 1. The highest BCUT2D eigenvalue weighted by Gasteiger charge is 2.44. The molecule has 86 valence electrons. The van der Waals surface area contributed by atoms with E-state index in [0.29, 0.717) is 0 Å². The molecule has 0 radical (unpaired) electrons. The van der Waals surface area contributed by atoms with Gasteiger partial charge in [-0.15, -0.1) is 0 Å². The van der Waals surface area contributed by atoms with Crippen LogP contribution in [0.25, 0.3) is 0 Å². The summed E-state index contributed by atoms with van der Waals surface area (Å²) >= 11 is 3.32. The Morgan fingerprint density at radius 3 is 2.14 bits per heavy atom. The smallest absolute Gasteiger partial charge is 0.563 e. The summed E-state index contributed by atoms with van der Waals surface area (Å²) in [6, 6.07) is 0. The van der Waals surface area contributed by atoms with E-state index < -0.39 is 34.1 Å². The molecule has 3 unspecified atom stereocenters. The normalized spacial score (nSPS) is 21.2. The summed E-state index contributed by atoms with van der Waals surface area (Å²) in [6.45, 7) is -10.0.